The molecular weight excluding hydrogens is 268 g/mol. The Kier molecular flexibility index (Phi) is 4.46. The number of carboxylic acids is 1. The molecule has 0 amide bonds. The van der Waals surface area contributed by atoms with Crippen molar-refractivity contribution in [2.24, 2.45) is 0 Å². The lowest BCUT2D eigenvalue weighted by molar-refractivity contribution is -0.134. The van der Waals surface area contributed by atoms with Crippen LogP contribution in [0.4, 0.5) is 5.69 Å². The molecule has 0 atom stereocenters. The Bertz CT molecular complexity index is 678. The summed E-state index contributed by atoms with van der Waals surface area (Å²) in [6, 6.07) is 11.2. The number of hydrogen-bond acceptors (Lipinski definition) is 4. The van der Waals surface area contributed by atoms with E-state index in [1.54, 1.807) is 18.5 Å². The number of Topliss-reactive ketones (excluding diaryl/α,β-unsaturated/α-hetero) is 1. The highest BCUT2D eigenvalue weighted by atomic mass is 16.4. The summed E-state index contributed by atoms with van der Waals surface area (Å²) < 4.78 is 0. The van der Waals surface area contributed by atoms with Gasteiger partial charge in [-0.25, -0.2) is 4.79 Å². The summed E-state index contributed by atoms with van der Waals surface area (Å²) in [6.45, 7) is 1.22. The molecule has 0 spiro atoms. The van der Waals surface area contributed by atoms with Crippen molar-refractivity contribution in [1.82, 2.24) is 4.98 Å². The standard InChI is InChI=1S/C16H14N2O3/c1-11(19)15(16(20)21)10-18-14-4-2-3-13(9-14)12-5-7-17-8-6-12/h2-10,18H,1H3,(H,20,21). The second-order valence-electron chi connectivity index (χ2n) is 4.38. The number of benzene rings is 1. The molecule has 2 rings (SSSR count). The van der Waals surface area contributed by atoms with E-state index >= 15 is 0 Å². The Morgan fingerprint density at radius 2 is 1.86 bits per heavy atom. The number of aromatic nitrogens is 1. The topological polar surface area (TPSA) is 79.3 Å². The third-order valence-corrected chi connectivity index (χ3v) is 2.87. The van der Waals surface area contributed by atoms with E-state index in [4.69, 9.17) is 5.11 Å². The van der Waals surface area contributed by atoms with E-state index in [2.05, 4.69) is 10.3 Å². The Morgan fingerprint density at radius 1 is 1.14 bits per heavy atom. The van der Waals surface area contributed by atoms with E-state index in [-0.39, 0.29) is 5.57 Å². The van der Waals surface area contributed by atoms with Gasteiger partial charge in [-0.2, -0.15) is 0 Å². The molecule has 1 aromatic carbocycles. The van der Waals surface area contributed by atoms with Gasteiger partial charge in [0.2, 0.25) is 0 Å². The first-order chi connectivity index (χ1) is 10.1. The van der Waals surface area contributed by atoms with Gasteiger partial charge in [0.25, 0.3) is 0 Å². The van der Waals surface area contributed by atoms with Crippen LogP contribution in [0.1, 0.15) is 6.92 Å². The molecule has 1 heterocycles. The lowest BCUT2D eigenvalue weighted by Crippen LogP contribution is -2.10. The number of anilines is 1. The molecule has 0 aliphatic carbocycles. The second kappa shape index (κ2) is 6.47. The van der Waals surface area contributed by atoms with Crippen LogP contribution in [0.3, 0.4) is 0 Å². The third kappa shape index (κ3) is 3.76. The lowest BCUT2D eigenvalue weighted by atomic mass is 10.1. The molecule has 106 valence electrons. The molecule has 0 saturated carbocycles. The highest BCUT2D eigenvalue weighted by Crippen LogP contribution is 2.22. The first kappa shape index (κ1) is 14.5. The van der Waals surface area contributed by atoms with E-state index in [1.165, 1.54) is 13.1 Å². The molecular formula is C16H14N2O3. The predicted molar refractivity (Wildman–Crippen MR) is 79.7 cm³/mol. The van der Waals surface area contributed by atoms with Gasteiger partial charge in [-0.3, -0.25) is 9.78 Å². The summed E-state index contributed by atoms with van der Waals surface area (Å²) in [7, 11) is 0. The molecule has 0 fully saturated rings. The maximum absolute atomic E-state index is 11.2. The highest BCUT2D eigenvalue weighted by molar-refractivity contribution is 6.15. The minimum absolute atomic E-state index is 0.288. The van der Waals surface area contributed by atoms with E-state index in [0.29, 0.717) is 5.69 Å². The first-order valence-corrected chi connectivity index (χ1v) is 6.29. The molecule has 2 aromatic rings. The number of nitrogens with one attached hydrogen (secondary N) is 1. The SMILES string of the molecule is CC(=O)C(=CNc1cccc(-c2ccncc2)c1)C(=O)O. The second-order valence-corrected chi connectivity index (χ2v) is 4.38. The molecule has 0 unspecified atom stereocenters. The number of hydrogen-bond donors (Lipinski definition) is 2. The third-order valence-electron chi connectivity index (χ3n) is 2.87. The molecule has 21 heavy (non-hydrogen) atoms. The number of ketones is 1. The summed E-state index contributed by atoms with van der Waals surface area (Å²) in [5, 5.41) is 11.8. The van der Waals surface area contributed by atoms with Crippen molar-refractivity contribution < 1.29 is 14.7 Å². The summed E-state index contributed by atoms with van der Waals surface area (Å²) in [4.78, 5) is 26.1. The van der Waals surface area contributed by atoms with Crippen LogP contribution in [0.15, 0.2) is 60.6 Å². The van der Waals surface area contributed by atoms with Crippen molar-refractivity contribution in [3.63, 3.8) is 0 Å². The van der Waals surface area contributed by atoms with Crippen LogP contribution < -0.4 is 5.32 Å². The fourth-order valence-corrected chi connectivity index (χ4v) is 1.80. The van der Waals surface area contributed by atoms with Gasteiger partial charge in [0, 0.05) is 24.3 Å². The maximum atomic E-state index is 11.2. The molecule has 0 aliphatic heterocycles. The van der Waals surface area contributed by atoms with Gasteiger partial charge in [-0.1, -0.05) is 12.1 Å². The van der Waals surface area contributed by atoms with Crippen LogP contribution in [0.25, 0.3) is 11.1 Å². The number of aliphatic carboxylic acids is 1. The zero-order chi connectivity index (χ0) is 15.2. The van der Waals surface area contributed by atoms with E-state index in [9.17, 15) is 9.59 Å². The van der Waals surface area contributed by atoms with Gasteiger partial charge in [0.1, 0.15) is 5.57 Å². The quantitative estimate of drug-likeness (QED) is 0.501. The average molecular weight is 282 g/mol. The van der Waals surface area contributed by atoms with Gasteiger partial charge in [-0.05, 0) is 42.3 Å². The summed E-state index contributed by atoms with van der Waals surface area (Å²) in [5.41, 5.74) is 2.38. The molecule has 1 aromatic heterocycles. The van der Waals surface area contributed by atoms with Crippen LogP contribution in [-0.4, -0.2) is 21.8 Å². The maximum Gasteiger partial charge on any atom is 0.340 e. The average Bonchev–Trinajstić information content (AvgIpc) is 2.48. The van der Waals surface area contributed by atoms with Crippen LogP contribution in [0.2, 0.25) is 0 Å². The molecule has 0 bridgehead atoms. The van der Waals surface area contributed by atoms with E-state index in [0.717, 1.165) is 11.1 Å². The smallest absolute Gasteiger partial charge is 0.340 e. The monoisotopic (exact) mass is 282 g/mol. The van der Waals surface area contributed by atoms with Crippen molar-refractivity contribution in [3.8, 4) is 11.1 Å². The van der Waals surface area contributed by atoms with Gasteiger partial charge < -0.3 is 10.4 Å². The zero-order valence-electron chi connectivity index (χ0n) is 11.4. The summed E-state index contributed by atoms with van der Waals surface area (Å²) in [5.74, 6) is -1.75. The Labute approximate surface area is 122 Å². The van der Waals surface area contributed by atoms with Crippen LogP contribution in [0.5, 0.6) is 0 Å². The van der Waals surface area contributed by atoms with Crippen LogP contribution in [-0.2, 0) is 9.59 Å². The van der Waals surface area contributed by atoms with Gasteiger partial charge in [0.05, 0.1) is 0 Å². The summed E-state index contributed by atoms with van der Waals surface area (Å²) >= 11 is 0. The van der Waals surface area contributed by atoms with Crippen molar-refractivity contribution in [3.05, 3.63) is 60.6 Å². The minimum Gasteiger partial charge on any atom is -0.478 e. The largest absolute Gasteiger partial charge is 0.478 e. The lowest BCUT2D eigenvalue weighted by Gasteiger charge is -2.06. The number of nitrogens with zero attached hydrogens (tertiary/aromatic N) is 1. The number of carbonyl (C=O) groups is 2. The zero-order valence-corrected chi connectivity index (χ0v) is 11.4. The van der Waals surface area contributed by atoms with Crippen molar-refractivity contribution in [1.29, 1.82) is 0 Å². The highest BCUT2D eigenvalue weighted by Gasteiger charge is 2.12. The van der Waals surface area contributed by atoms with Crippen LogP contribution in [0, 0.1) is 0 Å². The number of rotatable bonds is 5. The van der Waals surface area contributed by atoms with Gasteiger partial charge in [-0.15, -0.1) is 0 Å². The molecule has 0 radical (unpaired) electrons. The minimum atomic E-state index is -1.25. The fourth-order valence-electron chi connectivity index (χ4n) is 1.80. The van der Waals surface area contributed by atoms with Crippen molar-refractivity contribution >= 4 is 17.4 Å². The number of pyridine rings is 1. The van der Waals surface area contributed by atoms with Crippen molar-refractivity contribution in [2.75, 3.05) is 5.32 Å². The number of carbonyl (C=O) groups excluding carboxylic acids is 1. The first-order valence-electron chi connectivity index (χ1n) is 6.29. The molecule has 2 N–H and O–H groups in total. The van der Waals surface area contributed by atoms with Gasteiger partial charge >= 0.3 is 5.97 Å². The molecule has 0 saturated heterocycles. The molecule has 0 aliphatic rings. The fraction of sp³-hybridized carbons (Fsp3) is 0.0625. The van der Waals surface area contributed by atoms with Gasteiger partial charge in [0.15, 0.2) is 5.78 Å². The number of carboxylic acid groups (broad SMARTS) is 1. The predicted octanol–water partition coefficient (Wildman–Crippen LogP) is 2.72. The van der Waals surface area contributed by atoms with Crippen molar-refractivity contribution in [2.45, 2.75) is 6.92 Å². The van der Waals surface area contributed by atoms with E-state index in [1.807, 2.05) is 30.3 Å². The Balaban J connectivity index is 2.25. The van der Waals surface area contributed by atoms with Crippen LogP contribution >= 0.6 is 0 Å². The Hall–Kier alpha value is -2.95. The molecule has 5 heteroatoms. The van der Waals surface area contributed by atoms with E-state index < -0.39 is 11.8 Å². The summed E-state index contributed by atoms with van der Waals surface area (Å²) in [6.07, 6.45) is 4.61. The molecule has 5 nitrogen and oxygen atoms in total. The Morgan fingerprint density at radius 3 is 2.48 bits per heavy atom. The normalized spacial score (nSPS) is 11.0.